The topological polar surface area (TPSA) is 25.4 Å². The van der Waals surface area contributed by atoms with Crippen molar-refractivity contribution in [2.45, 2.75) is 51.5 Å². The molecule has 0 radical (unpaired) electrons. The SMILES string of the molecule is CC(C)c1ccc([C@H]2CCOC2)c(CN2CCCC2)n1.F. The van der Waals surface area contributed by atoms with Crippen LogP contribution in [-0.4, -0.2) is 36.2 Å². The zero-order valence-corrected chi connectivity index (χ0v) is 13.2. The van der Waals surface area contributed by atoms with Gasteiger partial charge in [0.1, 0.15) is 0 Å². The minimum atomic E-state index is 0. The quantitative estimate of drug-likeness (QED) is 0.850. The number of aromatic nitrogens is 1. The second-order valence-corrected chi connectivity index (χ2v) is 6.47. The molecular weight excluding hydrogens is 267 g/mol. The van der Waals surface area contributed by atoms with Gasteiger partial charge in [-0.05, 0) is 49.9 Å². The largest absolute Gasteiger partial charge is 0.381 e. The smallest absolute Gasteiger partial charge is 0.0583 e. The molecule has 3 heterocycles. The molecule has 0 bridgehead atoms. The maximum absolute atomic E-state index is 5.57. The van der Waals surface area contributed by atoms with Crippen molar-refractivity contribution >= 4 is 0 Å². The lowest BCUT2D eigenvalue weighted by Crippen LogP contribution is -2.21. The summed E-state index contributed by atoms with van der Waals surface area (Å²) in [4.78, 5) is 7.53. The summed E-state index contributed by atoms with van der Waals surface area (Å²) in [5.41, 5.74) is 3.95. The van der Waals surface area contributed by atoms with E-state index in [1.807, 2.05) is 0 Å². The van der Waals surface area contributed by atoms with Crippen molar-refractivity contribution in [3.05, 3.63) is 29.1 Å². The molecule has 0 N–H and O–H groups in total. The maximum atomic E-state index is 5.57. The normalized spacial score (nSPS) is 22.7. The lowest BCUT2D eigenvalue weighted by Gasteiger charge is -2.20. The van der Waals surface area contributed by atoms with Crippen LogP contribution in [0.2, 0.25) is 0 Å². The third kappa shape index (κ3) is 3.80. The van der Waals surface area contributed by atoms with E-state index in [2.05, 4.69) is 30.9 Å². The minimum absolute atomic E-state index is 0. The molecule has 2 aliphatic heterocycles. The van der Waals surface area contributed by atoms with Gasteiger partial charge in [-0.3, -0.25) is 14.6 Å². The Morgan fingerprint density at radius 3 is 2.67 bits per heavy atom. The van der Waals surface area contributed by atoms with E-state index in [0.717, 1.165) is 26.2 Å². The number of rotatable bonds is 4. The van der Waals surface area contributed by atoms with E-state index < -0.39 is 0 Å². The van der Waals surface area contributed by atoms with Crippen molar-refractivity contribution in [1.29, 1.82) is 0 Å². The number of pyridine rings is 1. The summed E-state index contributed by atoms with van der Waals surface area (Å²) in [7, 11) is 0. The Balaban J connectivity index is 0.00000161. The third-order valence-corrected chi connectivity index (χ3v) is 4.56. The molecule has 2 fully saturated rings. The van der Waals surface area contributed by atoms with Crippen LogP contribution in [0.15, 0.2) is 12.1 Å². The average Bonchev–Trinajstić information content (AvgIpc) is 3.11. The van der Waals surface area contributed by atoms with Crippen LogP contribution in [0.4, 0.5) is 4.70 Å². The monoisotopic (exact) mass is 294 g/mol. The van der Waals surface area contributed by atoms with Crippen molar-refractivity contribution in [3.63, 3.8) is 0 Å². The van der Waals surface area contributed by atoms with Gasteiger partial charge >= 0.3 is 0 Å². The molecule has 21 heavy (non-hydrogen) atoms. The first kappa shape index (κ1) is 16.4. The van der Waals surface area contributed by atoms with Gasteiger partial charge in [-0.15, -0.1) is 0 Å². The van der Waals surface area contributed by atoms with E-state index in [0.29, 0.717) is 11.8 Å². The van der Waals surface area contributed by atoms with E-state index >= 15 is 0 Å². The van der Waals surface area contributed by atoms with Crippen LogP contribution in [-0.2, 0) is 11.3 Å². The highest BCUT2D eigenvalue weighted by Gasteiger charge is 2.23. The van der Waals surface area contributed by atoms with Crippen LogP contribution in [0.1, 0.15) is 61.9 Å². The lowest BCUT2D eigenvalue weighted by atomic mass is 9.95. The fourth-order valence-corrected chi connectivity index (χ4v) is 3.28. The molecule has 3 nitrogen and oxygen atoms in total. The zero-order valence-electron chi connectivity index (χ0n) is 13.2. The van der Waals surface area contributed by atoms with Gasteiger partial charge in [-0.2, -0.15) is 0 Å². The van der Waals surface area contributed by atoms with Gasteiger partial charge in [0, 0.05) is 24.8 Å². The van der Waals surface area contributed by atoms with Gasteiger partial charge in [0.15, 0.2) is 0 Å². The number of halogens is 1. The molecule has 0 aromatic carbocycles. The molecule has 3 rings (SSSR count). The molecule has 0 aliphatic carbocycles. The first-order chi connectivity index (χ1) is 9.74. The Morgan fingerprint density at radius 2 is 2.05 bits per heavy atom. The summed E-state index contributed by atoms with van der Waals surface area (Å²) in [5.74, 6) is 1.06. The zero-order chi connectivity index (χ0) is 13.9. The number of hydrogen-bond acceptors (Lipinski definition) is 3. The van der Waals surface area contributed by atoms with Gasteiger partial charge < -0.3 is 4.74 Å². The molecule has 2 aliphatic rings. The van der Waals surface area contributed by atoms with E-state index in [4.69, 9.17) is 9.72 Å². The van der Waals surface area contributed by atoms with Gasteiger partial charge in [-0.25, -0.2) is 0 Å². The van der Waals surface area contributed by atoms with E-state index in [1.165, 1.54) is 42.9 Å². The first-order valence-electron chi connectivity index (χ1n) is 8.04. The summed E-state index contributed by atoms with van der Waals surface area (Å²) >= 11 is 0. The Kier molecular flexibility index (Phi) is 5.71. The molecule has 2 saturated heterocycles. The Bertz CT molecular complexity index is 452. The van der Waals surface area contributed by atoms with Crippen LogP contribution < -0.4 is 0 Å². The predicted molar refractivity (Wildman–Crippen MR) is 83.5 cm³/mol. The lowest BCUT2D eigenvalue weighted by molar-refractivity contribution is 0.193. The summed E-state index contributed by atoms with van der Waals surface area (Å²) in [6.45, 7) is 9.70. The highest BCUT2D eigenvalue weighted by Crippen LogP contribution is 2.29. The van der Waals surface area contributed by atoms with Crippen molar-refractivity contribution in [1.82, 2.24) is 9.88 Å². The summed E-state index contributed by atoms with van der Waals surface area (Å²) in [6.07, 6.45) is 3.83. The fraction of sp³-hybridized carbons (Fsp3) is 0.706. The number of hydrogen-bond donors (Lipinski definition) is 0. The first-order valence-corrected chi connectivity index (χ1v) is 8.04. The summed E-state index contributed by atoms with van der Waals surface area (Å²) < 4.78 is 5.57. The molecule has 0 amide bonds. The van der Waals surface area contributed by atoms with Crippen LogP contribution in [0.3, 0.4) is 0 Å². The van der Waals surface area contributed by atoms with Crippen LogP contribution in [0.25, 0.3) is 0 Å². The van der Waals surface area contributed by atoms with Crippen molar-refractivity contribution in [2.75, 3.05) is 26.3 Å². The second-order valence-electron chi connectivity index (χ2n) is 6.47. The number of ether oxygens (including phenoxy) is 1. The molecule has 0 spiro atoms. The van der Waals surface area contributed by atoms with E-state index in [1.54, 1.807) is 0 Å². The molecule has 1 atom stereocenters. The number of likely N-dealkylation sites (tertiary alicyclic amines) is 1. The Hall–Kier alpha value is -1.00. The van der Waals surface area contributed by atoms with Crippen LogP contribution >= 0.6 is 0 Å². The highest BCUT2D eigenvalue weighted by atomic mass is 19.0. The molecule has 0 unspecified atom stereocenters. The van der Waals surface area contributed by atoms with Gasteiger partial charge in [0.25, 0.3) is 0 Å². The summed E-state index contributed by atoms with van der Waals surface area (Å²) in [6, 6.07) is 4.53. The maximum Gasteiger partial charge on any atom is 0.0583 e. The fourth-order valence-electron chi connectivity index (χ4n) is 3.28. The molecule has 0 saturated carbocycles. The average molecular weight is 294 g/mol. The van der Waals surface area contributed by atoms with Crippen molar-refractivity contribution in [2.24, 2.45) is 0 Å². The van der Waals surface area contributed by atoms with Crippen LogP contribution in [0, 0.1) is 0 Å². The number of nitrogens with zero attached hydrogens (tertiary/aromatic N) is 2. The van der Waals surface area contributed by atoms with Crippen molar-refractivity contribution < 1.29 is 9.44 Å². The Labute approximate surface area is 127 Å². The predicted octanol–water partition coefficient (Wildman–Crippen LogP) is 3.46. The molecule has 1 aromatic heterocycles. The minimum Gasteiger partial charge on any atom is -0.381 e. The van der Waals surface area contributed by atoms with Gasteiger partial charge in [-0.1, -0.05) is 19.9 Å². The van der Waals surface area contributed by atoms with Gasteiger partial charge in [0.2, 0.25) is 0 Å². The molecule has 1 aromatic rings. The third-order valence-electron chi connectivity index (χ3n) is 4.56. The molecular formula is C17H27FN2O. The van der Waals surface area contributed by atoms with E-state index in [-0.39, 0.29) is 4.70 Å². The van der Waals surface area contributed by atoms with Gasteiger partial charge in [0.05, 0.1) is 12.3 Å². The summed E-state index contributed by atoms with van der Waals surface area (Å²) in [5, 5.41) is 0. The molecule has 4 heteroatoms. The van der Waals surface area contributed by atoms with Crippen LogP contribution in [0.5, 0.6) is 0 Å². The Morgan fingerprint density at radius 1 is 1.29 bits per heavy atom. The molecule has 118 valence electrons. The standard InChI is InChI=1S/C17H26N2O.FH/c1-13(2)16-6-5-15(14-7-10-20-12-14)17(18-16)11-19-8-3-4-9-19;/h5-6,13-14H,3-4,7-12H2,1-2H3;1H/t14-;/m0./s1. The highest BCUT2D eigenvalue weighted by molar-refractivity contribution is 5.28. The van der Waals surface area contributed by atoms with E-state index in [9.17, 15) is 0 Å². The van der Waals surface area contributed by atoms with Crippen molar-refractivity contribution in [3.8, 4) is 0 Å². The second kappa shape index (κ2) is 7.32.